The van der Waals surface area contributed by atoms with Crippen molar-refractivity contribution in [1.82, 2.24) is 5.32 Å². The number of unbranched alkanes of at least 4 members (excludes halogenated alkanes) is 2. The van der Waals surface area contributed by atoms with Crippen molar-refractivity contribution in [3.63, 3.8) is 0 Å². The standard InChI is InChI=1S/C27H33FN2O5S/c1-4-5-6-9-19(31)15-36-16-23-21(11-12-34-23)29-26(32)22(13-17(2)3)30-27(33)25-24-18(14-35-25)8-7-10-20(24)28/h7-8,10-12,14,17,22H,4-6,9,13,15-16H2,1-3H3,(H,29,32)(H,30,33). The van der Waals surface area contributed by atoms with Gasteiger partial charge in [0.05, 0.1) is 35.1 Å². The van der Waals surface area contributed by atoms with Gasteiger partial charge in [-0.15, -0.1) is 11.8 Å². The van der Waals surface area contributed by atoms with E-state index in [-0.39, 0.29) is 22.8 Å². The lowest BCUT2D eigenvalue weighted by atomic mass is 10.0. The lowest BCUT2D eigenvalue weighted by Gasteiger charge is -2.19. The van der Waals surface area contributed by atoms with Gasteiger partial charge in [0, 0.05) is 17.9 Å². The number of nitrogens with one attached hydrogen (secondary N) is 2. The number of carbonyl (C=O) groups is 3. The van der Waals surface area contributed by atoms with Crippen molar-refractivity contribution in [2.75, 3.05) is 11.1 Å². The summed E-state index contributed by atoms with van der Waals surface area (Å²) in [6.07, 6.45) is 6.76. The molecule has 2 N–H and O–H groups in total. The molecule has 1 aromatic carbocycles. The molecule has 0 spiro atoms. The zero-order chi connectivity index (χ0) is 26.1. The molecule has 0 bridgehead atoms. The molecule has 2 heterocycles. The maximum absolute atomic E-state index is 14.3. The predicted molar refractivity (Wildman–Crippen MR) is 140 cm³/mol. The molecule has 0 saturated heterocycles. The number of anilines is 1. The molecular formula is C27H33FN2O5S. The van der Waals surface area contributed by atoms with Crippen LogP contribution >= 0.6 is 11.8 Å². The van der Waals surface area contributed by atoms with Crippen LogP contribution in [0.25, 0.3) is 10.8 Å². The van der Waals surface area contributed by atoms with Gasteiger partial charge < -0.3 is 19.5 Å². The number of furan rings is 2. The number of fused-ring (bicyclic) bond motifs is 1. The van der Waals surface area contributed by atoms with Crippen molar-refractivity contribution in [2.24, 2.45) is 5.92 Å². The van der Waals surface area contributed by atoms with Crippen LogP contribution in [0.5, 0.6) is 0 Å². The highest BCUT2D eigenvalue weighted by Gasteiger charge is 2.27. The molecule has 194 valence electrons. The van der Waals surface area contributed by atoms with Gasteiger partial charge in [-0.1, -0.05) is 45.7 Å². The number of Topliss-reactive ketones (excluding diaryl/α,β-unsaturated/α-hetero) is 1. The Morgan fingerprint density at radius 3 is 2.67 bits per heavy atom. The van der Waals surface area contributed by atoms with Gasteiger partial charge in [-0.05, 0) is 24.8 Å². The fourth-order valence-electron chi connectivity index (χ4n) is 3.84. The number of halogens is 1. The third-order valence-corrected chi connectivity index (χ3v) is 6.66. The summed E-state index contributed by atoms with van der Waals surface area (Å²) in [5.74, 6) is -0.162. The SMILES string of the molecule is CCCCCC(=O)CSCc1occc1NC(=O)C(CC(C)C)NC(=O)c1occ2cccc(F)c12. The number of benzene rings is 1. The molecule has 0 aliphatic rings. The molecule has 0 fully saturated rings. The molecule has 36 heavy (non-hydrogen) atoms. The Hall–Kier alpha value is -3.07. The summed E-state index contributed by atoms with van der Waals surface area (Å²) in [7, 11) is 0. The van der Waals surface area contributed by atoms with Crippen molar-refractivity contribution in [3.05, 3.63) is 54.1 Å². The van der Waals surface area contributed by atoms with Crippen LogP contribution in [0.2, 0.25) is 0 Å². The fraction of sp³-hybridized carbons (Fsp3) is 0.444. The number of ketones is 1. The zero-order valence-corrected chi connectivity index (χ0v) is 21.7. The van der Waals surface area contributed by atoms with Crippen molar-refractivity contribution < 1.29 is 27.6 Å². The largest absolute Gasteiger partial charge is 0.466 e. The normalized spacial score (nSPS) is 12.1. The number of amides is 2. The first-order valence-corrected chi connectivity index (χ1v) is 13.4. The molecule has 1 atom stereocenters. The zero-order valence-electron chi connectivity index (χ0n) is 20.9. The molecule has 0 aliphatic carbocycles. The van der Waals surface area contributed by atoms with E-state index in [0.717, 1.165) is 19.3 Å². The molecule has 0 saturated carbocycles. The van der Waals surface area contributed by atoms with Gasteiger partial charge in [-0.25, -0.2) is 4.39 Å². The van der Waals surface area contributed by atoms with E-state index in [1.165, 1.54) is 36.4 Å². The summed E-state index contributed by atoms with van der Waals surface area (Å²) in [6, 6.07) is 5.20. The summed E-state index contributed by atoms with van der Waals surface area (Å²) in [4.78, 5) is 38.1. The molecule has 2 aromatic heterocycles. The fourth-order valence-corrected chi connectivity index (χ4v) is 4.72. The second-order valence-corrected chi connectivity index (χ2v) is 10.1. The summed E-state index contributed by atoms with van der Waals surface area (Å²) < 4.78 is 25.2. The van der Waals surface area contributed by atoms with E-state index in [1.807, 2.05) is 13.8 Å². The molecule has 9 heteroatoms. The summed E-state index contributed by atoms with van der Waals surface area (Å²) in [6.45, 7) is 5.97. The molecule has 3 rings (SSSR count). The Labute approximate surface area is 214 Å². The number of thioether (sulfide) groups is 1. The van der Waals surface area contributed by atoms with Gasteiger partial charge in [0.2, 0.25) is 11.7 Å². The molecule has 0 radical (unpaired) electrons. The summed E-state index contributed by atoms with van der Waals surface area (Å²) in [5, 5.41) is 6.06. The monoisotopic (exact) mass is 516 g/mol. The molecule has 2 amide bonds. The highest BCUT2D eigenvalue weighted by molar-refractivity contribution is 7.99. The van der Waals surface area contributed by atoms with Crippen LogP contribution in [-0.4, -0.2) is 29.4 Å². The van der Waals surface area contributed by atoms with Gasteiger partial charge in [0.1, 0.15) is 23.4 Å². The minimum absolute atomic E-state index is 0.0806. The maximum atomic E-state index is 14.3. The second kappa shape index (κ2) is 13.3. The average Bonchev–Trinajstić information content (AvgIpc) is 3.46. The average molecular weight is 517 g/mol. The number of hydrogen-bond acceptors (Lipinski definition) is 6. The van der Waals surface area contributed by atoms with E-state index < -0.39 is 23.7 Å². The van der Waals surface area contributed by atoms with E-state index in [2.05, 4.69) is 17.6 Å². The number of hydrogen-bond donors (Lipinski definition) is 2. The van der Waals surface area contributed by atoms with E-state index in [0.29, 0.717) is 41.2 Å². The smallest absolute Gasteiger partial charge is 0.288 e. The van der Waals surface area contributed by atoms with Crippen LogP contribution in [0.15, 0.2) is 45.6 Å². The minimum Gasteiger partial charge on any atom is -0.466 e. The molecule has 1 unspecified atom stereocenters. The summed E-state index contributed by atoms with van der Waals surface area (Å²) in [5.41, 5.74) is 0.489. The highest BCUT2D eigenvalue weighted by atomic mass is 32.2. The topological polar surface area (TPSA) is 102 Å². The highest BCUT2D eigenvalue weighted by Crippen LogP contribution is 2.25. The predicted octanol–water partition coefficient (Wildman–Crippen LogP) is 6.33. The van der Waals surface area contributed by atoms with Crippen LogP contribution in [0.3, 0.4) is 0 Å². The van der Waals surface area contributed by atoms with Gasteiger partial charge in [-0.2, -0.15) is 0 Å². The van der Waals surface area contributed by atoms with Crippen LogP contribution in [0.1, 0.15) is 69.2 Å². The number of carbonyl (C=O) groups excluding carboxylic acids is 3. The first kappa shape index (κ1) is 27.5. The van der Waals surface area contributed by atoms with Crippen LogP contribution in [-0.2, 0) is 15.3 Å². The Balaban J connectivity index is 1.63. The van der Waals surface area contributed by atoms with Gasteiger partial charge in [0.25, 0.3) is 5.91 Å². The van der Waals surface area contributed by atoms with Gasteiger partial charge in [-0.3, -0.25) is 14.4 Å². The van der Waals surface area contributed by atoms with Crippen LogP contribution in [0.4, 0.5) is 10.1 Å². The first-order chi connectivity index (χ1) is 17.3. The third kappa shape index (κ3) is 7.46. The minimum atomic E-state index is -0.875. The molecule has 0 aliphatic heterocycles. The van der Waals surface area contributed by atoms with E-state index in [9.17, 15) is 18.8 Å². The molecule has 7 nitrogen and oxygen atoms in total. The first-order valence-electron chi connectivity index (χ1n) is 12.2. The van der Waals surface area contributed by atoms with Crippen molar-refractivity contribution >= 4 is 45.8 Å². The Bertz CT molecular complexity index is 1190. The van der Waals surface area contributed by atoms with Crippen molar-refractivity contribution in [2.45, 2.75) is 64.7 Å². The Morgan fingerprint density at radius 1 is 1.11 bits per heavy atom. The third-order valence-electron chi connectivity index (χ3n) is 5.67. The second-order valence-electron chi connectivity index (χ2n) is 9.16. The quantitative estimate of drug-likeness (QED) is 0.243. The lowest BCUT2D eigenvalue weighted by Crippen LogP contribution is -2.44. The number of rotatable bonds is 14. The van der Waals surface area contributed by atoms with E-state index in [1.54, 1.807) is 12.1 Å². The maximum Gasteiger partial charge on any atom is 0.288 e. The Kier molecular flexibility index (Phi) is 10.2. The van der Waals surface area contributed by atoms with Gasteiger partial charge in [0.15, 0.2) is 0 Å². The van der Waals surface area contributed by atoms with Crippen molar-refractivity contribution in [3.8, 4) is 0 Å². The molecular weight excluding hydrogens is 483 g/mol. The van der Waals surface area contributed by atoms with Crippen LogP contribution in [0, 0.1) is 11.7 Å². The molecule has 3 aromatic rings. The lowest BCUT2D eigenvalue weighted by molar-refractivity contribution is -0.118. The Morgan fingerprint density at radius 2 is 1.92 bits per heavy atom. The van der Waals surface area contributed by atoms with E-state index >= 15 is 0 Å². The van der Waals surface area contributed by atoms with E-state index in [4.69, 9.17) is 8.83 Å². The van der Waals surface area contributed by atoms with Crippen LogP contribution < -0.4 is 10.6 Å². The van der Waals surface area contributed by atoms with Crippen molar-refractivity contribution in [1.29, 1.82) is 0 Å². The summed E-state index contributed by atoms with van der Waals surface area (Å²) >= 11 is 1.44. The van der Waals surface area contributed by atoms with Gasteiger partial charge >= 0.3 is 0 Å².